The van der Waals surface area contributed by atoms with E-state index in [1.807, 2.05) is 37.2 Å². The van der Waals surface area contributed by atoms with Crippen molar-refractivity contribution in [2.75, 3.05) is 19.0 Å². The third-order valence-corrected chi connectivity index (χ3v) is 5.84. The highest BCUT2D eigenvalue weighted by molar-refractivity contribution is 5.79. The van der Waals surface area contributed by atoms with Gasteiger partial charge in [0.05, 0.1) is 6.04 Å². The first-order valence-electron chi connectivity index (χ1n) is 10.5. The lowest BCUT2D eigenvalue weighted by Gasteiger charge is -2.22. The van der Waals surface area contributed by atoms with Gasteiger partial charge in [-0.25, -0.2) is 9.97 Å². The predicted molar refractivity (Wildman–Crippen MR) is 111 cm³/mol. The third-order valence-electron chi connectivity index (χ3n) is 5.84. The normalized spacial score (nSPS) is 18.1. The molecule has 0 unspecified atom stereocenters. The lowest BCUT2D eigenvalue weighted by molar-refractivity contribution is -0.125. The highest BCUT2D eigenvalue weighted by Crippen LogP contribution is 2.39. The molecule has 0 bridgehead atoms. The SMILES string of the molecule is CN(C)c1cc(C[C@@H](NC(=O)C2CCCC2)c2ccccc2)nc(C2CC2)n1. The summed E-state index contributed by atoms with van der Waals surface area (Å²) >= 11 is 0. The lowest BCUT2D eigenvalue weighted by atomic mass is 9.99. The van der Waals surface area contributed by atoms with Gasteiger partial charge >= 0.3 is 0 Å². The quantitative estimate of drug-likeness (QED) is 0.791. The molecule has 1 aromatic heterocycles. The summed E-state index contributed by atoms with van der Waals surface area (Å²) in [7, 11) is 4.03. The molecule has 2 aromatic rings. The zero-order chi connectivity index (χ0) is 19.5. The maximum atomic E-state index is 12.8. The van der Waals surface area contributed by atoms with Crippen molar-refractivity contribution in [2.24, 2.45) is 5.92 Å². The molecule has 28 heavy (non-hydrogen) atoms. The van der Waals surface area contributed by atoms with Crippen LogP contribution in [0.5, 0.6) is 0 Å². The largest absolute Gasteiger partial charge is 0.363 e. The fraction of sp³-hybridized carbons (Fsp3) is 0.522. The van der Waals surface area contributed by atoms with E-state index in [4.69, 9.17) is 9.97 Å². The van der Waals surface area contributed by atoms with Crippen LogP contribution in [0.1, 0.15) is 67.6 Å². The van der Waals surface area contributed by atoms with Crippen LogP contribution in [0.25, 0.3) is 0 Å². The van der Waals surface area contributed by atoms with Crippen LogP contribution in [0.15, 0.2) is 36.4 Å². The van der Waals surface area contributed by atoms with Crippen molar-refractivity contribution in [3.05, 3.63) is 53.5 Å². The summed E-state index contributed by atoms with van der Waals surface area (Å²) in [5.74, 6) is 2.75. The van der Waals surface area contributed by atoms with Crippen molar-refractivity contribution in [3.63, 3.8) is 0 Å². The van der Waals surface area contributed by atoms with E-state index >= 15 is 0 Å². The second kappa shape index (κ2) is 8.29. The number of hydrogen-bond acceptors (Lipinski definition) is 4. The number of nitrogens with one attached hydrogen (secondary N) is 1. The molecular formula is C23H30N4O. The van der Waals surface area contributed by atoms with E-state index in [1.54, 1.807) is 0 Å². The molecule has 148 valence electrons. The number of carbonyl (C=O) groups excluding carboxylic acids is 1. The van der Waals surface area contributed by atoms with Gasteiger partial charge in [-0.2, -0.15) is 0 Å². The Hall–Kier alpha value is -2.43. The standard InChI is InChI=1S/C23H30N4O/c1-27(2)21-15-19(24-22(26-21)17-12-13-17)14-20(16-8-4-3-5-9-16)25-23(28)18-10-6-7-11-18/h3-5,8-9,15,17-18,20H,6-7,10-14H2,1-2H3,(H,25,28)/t20-/m1/s1. The monoisotopic (exact) mass is 378 g/mol. The van der Waals surface area contributed by atoms with Gasteiger partial charge in [-0.3, -0.25) is 4.79 Å². The minimum atomic E-state index is -0.0636. The van der Waals surface area contributed by atoms with E-state index in [2.05, 4.69) is 23.5 Å². The average molecular weight is 379 g/mol. The summed E-state index contributed by atoms with van der Waals surface area (Å²) in [6.07, 6.45) is 7.39. The molecule has 0 radical (unpaired) electrons. The Morgan fingerprint density at radius 3 is 2.46 bits per heavy atom. The Balaban J connectivity index is 1.59. The molecule has 5 heteroatoms. The summed E-state index contributed by atoms with van der Waals surface area (Å²) in [6.45, 7) is 0. The molecule has 0 saturated heterocycles. The number of aromatic nitrogens is 2. The molecule has 1 amide bonds. The smallest absolute Gasteiger partial charge is 0.223 e. The fourth-order valence-corrected chi connectivity index (χ4v) is 3.99. The number of hydrogen-bond donors (Lipinski definition) is 1. The van der Waals surface area contributed by atoms with Crippen LogP contribution >= 0.6 is 0 Å². The molecular weight excluding hydrogens is 348 g/mol. The second-order valence-electron chi connectivity index (χ2n) is 8.40. The van der Waals surface area contributed by atoms with Crippen LogP contribution in [0.2, 0.25) is 0 Å². The van der Waals surface area contributed by atoms with Gasteiger partial charge in [0.2, 0.25) is 5.91 Å². The molecule has 1 N–H and O–H groups in total. The molecule has 2 aliphatic carbocycles. The average Bonchev–Trinajstić information content (AvgIpc) is 3.41. The Bertz CT molecular complexity index is 790. The maximum Gasteiger partial charge on any atom is 0.223 e. The number of benzene rings is 1. The number of amides is 1. The van der Waals surface area contributed by atoms with Crippen molar-refractivity contribution >= 4 is 11.7 Å². The first-order chi connectivity index (χ1) is 13.6. The summed E-state index contributed by atoms with van der Waals surface area (Å²) in [5.41, 5.74) is 2.13. The van der Waals surface area contributed by atoms with Gasteiger partial charge in [0, 0.05) is 44.1 Å². The van der Waals surface area contributed by atoms with Crippen LogP contribution in [0.3, 0.4) is 0 Å². The lowest BCUT2D eigenvalue weighted by Crippen LogP contribution is -2.34. The molecule has 1 atom stereocenters. The van der Waals surface area contributed by atoms with E-state index in [9.17, 15) is 4.79 Å². The predicted octanol–water partition coefficient (Wildman–Crippen LogP) is 4.01. The van der Waals surface area contributed by atoms with E-state index in [-0.39, 0.29) is 17.9 Å². The molecule has 1 aromatic carbocycles. The number of carbonyl (C=O) groups is 1. The highest BCUT2D eigenvalue weighted by Gasteiger charge is 2.29. The minimum absolute atomic E-state index is 0.0636. The van der Waals surface area contributed by atoms with Gasteiger partial charge in [0.15, 0.2) is 0 Å². The zero-order valence-corrected chi connectivity index (χ0v) is 16.9. The molecule has 2 aliphatic rings. The Morgan fingerprint density at radius 2 is 1.82 bits per heavy atom. The number of nitrogens with zero attached hydrogens (tertiary/aromatic N) is 3. The first kappa shape index (κ1) is 18.9. The van der Waals surface area contributed by atoms with Gasteiger partial charge in [-0.15, -0.1) is 0 Å². The summed E-state index contributed by atoms with van der Waals surface area (Å²) in [4.78, 5) is 24.4. The highest BCUT2D eigenvalue weighted by atomic mass is 16.1. The van der Waals surface area contributed by atoms with Gasteiger partial charge in [0.25, 0.3) is 0 Å². The van der Waals surface area contributed by atoms with Crippen LogP contribution < -0.4 is 10.2 Å². The Kier molecular flexibility index (Phi) is 5.60. The van der Waals surface area contributed by atoms with E-state index in [0.717, 1.165) is 48.6 Å². The summed E-state index contributed by atoms with van der Waals surface area (Å²) in [6, 6.07) is 12.3. The van der Waals surface area contributed by atoms with Crippen molar-refractivity contribution in [1.29, 1.82) is 0 Å². The zero-order valence-electron chi connectivity index (χ0n) is 16.9. The number of rotatable bonds is 7. The van der Waals surface area contributed by atoms with Crippen LogP contribution in [-0.2, 0) is 11.2 Å². The third kappa shape index (κ3) is 4.51. The van der Waals surface area contributed by atoms with E-state index in [1.165, 1.54) is 12.8 Å². The molecule has 4 rings (SSSR count). The van der Waals surface area contributed by atoms with Crippen molar-refractivity contribution < 1.29 is 4.79 Å². The van der Waals surface area contributed by atoms with Gasteiger partial charge < -0.3 is 10.2 Å². The van der Waals surface area contributed by atoms with E-state index in [0.29, 0.717) is 12.3 Å². The topological polar surface area (TPSA) is 58.1 Å². The van der Waals surface area contributed by atoms with Gasteiger partial charge in [-0.1, -0.05) is 43.2 Å². The Morgan fingerprint density at radius 1 is 1.11 bits per heavy atom. The van der Waals surface area contributed by atoms with Crippen molar-refractivity contribution in [1.82, 2.24) is 15.3 Å². The summed E-state index contributed by atoms with van der Waals surface area (Å²) < 4.78 is 0. The molecule has 0 spiro atoms. The molecule has 1 heterocycles. The van der Waals surface area contributed by atoms with Crippen LogP contribution in [0.4, 0.5) is 5.82 Å². The molecule has 2 fully saturated rings. The molecule has 5 nitrogen and oxygen atoms in total. The van der Waals surface area contributed by atoms with Crippen molar-refractivity contribution in [3.8, 4) is 0 Å². The van der Waals surface area contributed by atoms with E-state index < -0.39 is 0 Å². The summed E-state index contributed by atoms with van der Waals surface area (Å²) in [5, 5.41) is 3.32. The minimum Gasteiger partial charge on any atom is -0.363 e. The fourth-order valence-electron chi connectivity index (χ4n) is 3.99. The Labute approximate surface area is 167 Å². The van der Waals surface area contributed by atoms with Gasteiger partial charge in [-0.05, 0) is 31.2 Å². The van der Waals surface area contributed by atoms with Gasteiger partial charge in [0.1, 0.15) is 11.6 Å². The second-order valence-corrected chi connectivity index (χ2v) is 8.40. The first-order valence-corrected chi connectivity index (χ1v) is 10.5. The molecule has 0 aliphatic heterocycles. The number of anilines is 1. The van der Waals surface area contributed by atoms with Crippen LogP contribution in [-0.4, -0.2) is 30.0 Å². The van der Waals surface area contributed by atoms with Crippen molar-refractivity contribution in [2.45, 2.75) is 56.9 Å². The molecule has 2 saturated carbocycles. The van der Waals surface area contributed by atoms with Crippen LogP contribution in [0, 0.1) is 5.92 Å². The maximum absolute atomic E-state index is 12.8.